The van der Waals surface area contributed by atoms with Crippen molar-refractivity contribution in [2.75, 3.05) is 5.32 Å². The van der Waals surface area contributed by atoms with Gasteiger partial charge in [0.15, 0.2) is 5.69 Å². The highest BCUT2D eigenvalue weighted by molar-refractivity contribution is 5.99. The Hall–Kier alpha value is -3.08. The smallest absolute Gasteiger partial charge is 0.435 e. The number of hydrogen-bond donors (Lipinski definition) is 4. The van der Waals surface area contributed by atoms with Crippen LogP contribution in [0, 0.1) is 5.41 Å². The van der Waals surface area contributed by atoms with E-state index in [0.717, 1.165) is 19.3 Å². The van der Waals surface area contributed by atoms with E-state index in [-0.39, 0.29) is 28.6 Å². The van der Waals surface area contributed by atoms with Gasteiger partial charge in [0.05, 0.1) is 11.3 Å². The lowest BCUT2D eigenvalue weighted by Crippen LogP contribution is -2.50. The summed E-state index contributed by atoms with van der Waals surface area (Å²) in [6.07, 6.45) is 0.320. The average Bonchev–Trinajstić information content (AvgIpc) is 3.31. The number of halogens is 3. The molecule has 0 spiro atoms. The molecule has 1 amide bonds. The molecule has 3 aliphatic carbocycles. The zero-order valence-corrected chi connectivity index (χ0v) is 20.9. The summed E-state index contributed by atoms with van der Waals surface area (Å²) in [7, 11) is 0. The molecule has 0 aliphatic heterocycles. The molecular weight excluding hydrogens is 487 g/mol. The summed E-state index contributed by atoms with van der Waals surface area (Å²) in [5.74, 6) is -1.54. The molecule has 2 fully saturated rings. The number of carboxylic acids is 1. The topological polar surface area (TPSA) is 122 Å². The van der Waals surface area contributed by atoms with Gasteiger partial charge in [-0.15, -0.1) is 0 Å². The highest BCUT2D eigenvalue weighted by Gasteiger charge is 2.52. The van der Waals surface area contributed by atoms with Crippen molar-refractivity contribution in [3.05, 3.63) is 40.7 Å². The maximum atomic E-state index is 13.9. The normalized spacial score (nSPS) is 23.9. The number of carbonyl (C=O) groups excluding carboxylic acids is 1. The molecule has 3 aliphatic rings. The largest absolute Gasteiger partial charge is 0.480 e. The summed E-state index contributed by atoms with van der Waals surface area (Å²) < 4.78 is 42.9. The molecule has 0 bridgehead atoms. The number of nitrogens with zero attached hydrogens (tertiary/aromatic N) is 2. The number of fused-ring (bicyclic) bond motifs is 1. The number of rotatable bonds is 7. The van der Waals surface area contributed by atoms with Crippen molar-refractivity contribution in [3.63, 3.8) is 0 Å². The fourth-order valence-electron chi connectivity index (χ4n) is 5.78. The maximum absolute atomic E-state index is 13.9. The SMILES string of the molecule is CC1(C)CCc2c(C(F)(F)F)nn(-c3ccc(C(N)=O)c(NC4CCCC4NC4(C(=O)O)CC4)c3)c2C1. The van der Waals surface area contributed by atoms with Crippen LogP contribution in [0.4, 0.5) is 18.9 Å². The minimum atomic E-state index is -4.57. The van der Waals surface area contributed by atoms with Crippen molar-refractivity contribution >= 4 is 17.6 Å². The minimum Gasteiger partial charge on any atom is -0.480 e. The minimum absolute atomic E-state index is 0.127. The van der Waals surface area contributed by atoms with E-state index >= 15 is 0 Å². The molecule has 2 saturated carbocycles. The fraction of sp³-hybridized carbons (Fsp3) is 0.577. The Kier molecular flexibility index (Phi) is 6.04. The van der Waals surface area contributed by atoms with E-state index in [4.69, 9.17) is 5.73 Å². The molecule has 5 rings (SSSR count). The number of carboxylic acid groups (broad SMARTS) is 1. The Morgan fingerprint density at radius 1 is 1.16 bits per heavy atom. The number of alkyl halides is 3. The molecule has 11 heteroatoms. The van der Waals surface area contributed by atoms with Crippen molar-refractivity contribution in [2.24, 2.45) is 11.1 Å². The first kappa shape index (κ1) is 25.6. The first-order chi connectivity index (χ1) is 17.3. The zero-order chi connectivity index (χ0) is 26.8. The quantitative estimate of drug-likeness (QED) is 0.438. The van der Waals surface area contributed by atoms with E-state index in [1.165, 1.54) is 10.7 Å². The van der Waals surface area contributed by atoms with Crippen molar-refractivity contribution in [3.8, 4) is 5.69 Å². The van der Waals surface area contributed by atoms with E-state index in [0.29, 0.717) is 49.2 Å². The molecule has 0 saturated heterocycles. The second kappa shape index (κ2) is 8.75. The summed E-state index contributed by atoms with van der Waals surface area (Å²) in [5.41, 5.74) is 5.46. The number of anilines is 1. The third-order valence-electron chi connectivity index (χ3n) is 8.05. The van der Waals surface area contributed by atoms with E-state index in [1.54, 1.807) is 12.1 Å². The van der Waals surface area contributed by atoms with Gasteiger partial charge >= 0.3 is 12.1 Å². The van der Waals surface area contributed by atoms with E-state index in [9.17, 15) is 27.9 Å². The molecule has 2 aromatic rings. The fourth-order valence-corrected chi connectivity index (χ4v) is 5.78. The molecule has 0 radical (unpaired) electrons. The second-order valence-electron chi connectivity index (χ2n) is 11.4. The molecule has 1 aromatic carbocycles. The van der Waals surface area contributed by atoms with Crippen LogP contribution in [-0.2, 0) is 23.8 Å². The number of benzene rings is 1. The number of amides is 1. The van der Waals surface area contributed by atoms with Crippen LogP contribution in [0.3, 0.4) is 0 Å². The van der Waals surface area contributed by atoms with Crippen molar-refractivity contribution in [1.82, 2.24) is 15.1 Å². The third kappa shape index (κ3) is 4.81. The molecule has 37 heavy (non-hydrogen) atoms. The highest BCUT2D eigenvalue weighted by Crippen LogP contribution is 2.42. The Morgan fingerprint density at radius 3 is 2.49 bits per heavy atom. The van der Waals surface area contributed by atoms with Crippen LogP contribution in [-0.4, -0.2) is 44.4 Å². The molecule has 1 aromatic heterocycles. The van der Waals surface area contributed by atoms with Crippen molar-refractivity contribution in [1.29, 1.82) is 0 Å². The van der Waals surface area contributed by atoms with Gasteiger partial charge in [0.1, 0.15) is 5.54 Å². The van der Waals surface area contributed by atoms with Crippen LogP contribution in [0.5, 0.6) is 0 Å². The van der Waals surface area contributed by atoms with Gasteiger partial charge in [-0.2, -0.15) is 18.3 Å². The lowest BCUT2D eigenvalue weighted by molar-refractivity contribution is -0.142. The molecular formula is C26H32F3N5O3. The molecule has 1 heterocycles. The van der Waals surface area contributed by atoms with Gasteiger partial charge in [0, 0.05) is 29.0 Å². The van der Waals surface area contributed by atoms with Gasteiger partial charge in [-0.3, -0.25) is 14.9 Å². The van der Waals surface area contributed by atoms with Crippen molar-refractivity contribution in [2.45, 2.75) is 89.0 Å². The number of nitrogens with one attached hydrogen (secondary N) is 2. The highest BCUT2D eigenvalue weighted by atomic mass is 19.4. The summed E-state index contributed by atoms with van der Waals surface area (Å²) in [6.45, 7) is 4.06. The Balaban J connectivity index is 1.51. The molecule has 2 atom stereocenters. The molecule has 8 nitrogen and oxygen atoms in total. The van der Waals surface area contributed by atoms with Gasteiger partial charge in [0.2, 0.25) is 0 Å². The average molecular weight is 520 g/mol. The van der Waals surface area contributed by atoms with Crippen LogP contribution in [0.2, 0.25) is 0 Å². The molecule has 2 unspecified atom stereocenters. The first-order valence-corrected chi connectivity index (χ1v) is 12.7. The van der Waals surface area contributed by atoms with E-state index in [1.807, 2.05) is 13.8 Å². The lowest BCUT2D eigenvalue weighted by Gasteiger charge is -2.30. The number of nitrogens with two attached hydrogens (primary N) is 1. The van der Waals surface area contributed by atoms with Crippen LogP contribution in [0.25, 0.3) is 5.69 Å². The van der Waals surface area contributed by atoms with Crippen molar-refractivity contribution < 1.29 is 27.9 Å². The van der Waals surface area contributed by atoms with Crippen LogP contribution < -0.4 is 16.4 Å². The van der Waals surface area contributed by atoms with Gasteiger partial charge < -0.3 is 16.2 Å². The molecule has 200 valence electrons. The summed E-state index contributed by atoms with van der Waals surface area (Å²) in [6, 6.07) is 4.40. The number of aliphatic carboxylic acids is 1. The lowest BCUT2D eigenvalue weighted by atomic mass is 9.76. The standard InChI is InChI=1S/C26H32F3N5O3/c1-24(2)9-8-16-20(13-24)34(33-21(16)26(27,28)29)14-6-7-15(22(30)35)19(12-14)31-17-4-3-5-18(17)32-25(10-11-25)23(36)37/h6-7,12,17-18,31-32H,3-5,8-11,13H2,1-2H3,(H2,30,35)(H,36,37). The number of aromatic nitrogens is 2. The number of primary amides is 1. The van der Waals surface area contributed by atoms with Gasteiger partial charge in [-0.05, 0) is 75.0 Å². The maximum Gasteiger partial charge on any atom is 0.435 e. The van der Waals surface area contributed by atoms with E-state index in [2.05, 4.69) is 15.7 Å². The van der Waals surface area contributed by atoms with E-state index < -0.39 is 29.3 Å². The summed E-state index contributed by atoms with van der Waals surface area (Å²) in [4.78, 5) is 23.9. The summed E-state index contributed by atoms with van der Waals surface area (Å²) in [5, 5.41) is 20.2. The van der Waals surface area contributed by atoms with Crippen LogP contribution >= 0.6 is 0 Å². The Labute approximate surface area is 212 Å². The van der Waals surface area contributed by atoms with Crippen LogP contribution in [0.15, 0.2) is 18.2 Å². The second-order valence-corrected chi connectivity index (χ2v) is 11.4. The predicted molar refractivity (Wildman–Crippen MR) is 131 cm³/mol. The van der Waals surface area contributed by atoms with Gasteiger partial charge in [-0.25, -0.2) is 4.68 Å². The zero-order valence-electron chi connectivity index (χ0n) is 20.9. The third-order valence-corrected chi connectivity index (χ3v) is 8.05. The Morgan fingerprint density at radius 2 is 1.86 bits per heavy atom. The predicted octanol–water partition coefficient (Wildman–Crippen LogP) is 4.04. The van der Waals surface area contributed by atoms with Gasteiger partial charge in [-0.1, -0.05) is 13.8 Å². The number of hydrogen-bond acceptors (Lipinski definition) is 5. The van der Waals surface area contributed by atoms with Crippen LogP contribution in [0.1, 0.15) is 79.7 Å². The Bertz CT molecular complexity index is 1250. The summed E-state index contributed by atoms with van der Waals surface area (Å²) >= 11 is 0. The first-order valence-electron chi connectivity index (χ1n) is 12.7. The number of carbonyl (C=O) groups is 2. The van der Waals surface area contributed by atoms with Gasteiger partial charge in [0.25, 0.3) is 5.91 Å². The monoisotopic (exact) mass is 519 g/mol. The molecule has 5 N–H and O–H groups in total.